The summed E-state index contributed by atoms with van der Waals surface area (Å²) in [6.07, 6.45) is 2.55. The summed E-state index contributed by atoms with van der Waals surface area (Å²) >= 11 is 0. The van der Waals surface area contributed by atoms with E-state index in [1.54, 1.807) is 0 Å². The Hall–Kier alpha value is -1.55. The second-order valence-corrected chi connectivity index (χ2v) is 5.16. The first-order chi connectivity index (χ1) is 9.11. The van der Waals surface area contributed by atoms with Gasteiger partial charge in [0.1, 0.15) is 5.75 Å². The number of carbonyl (C=O) groups excluding carboxylic acids is 1. The Balaban J connectivity index is 2.07. The number of amides is 1. The smallest absolute Gasteiger partial charge is 0.232 e. The average Bonchev–Trinajstić information content (AvgIpc) is 2.32. The normalized spacial score (nSPS) is 16.6. The van der Waals surface area contributed by atoms with Gasteiger partial charge in [-0.2, -0.15) is 0 Å². The minimum Gasteiger partial charge on any atom is -0.494 e. The van der Waals surface area contributed by atoms with Crippen LogP contribution in [0.1, 0.15) is 31.7 Å². The summed E-state index contributed by atoms with van der Waals surface area (Å²) in [5, 5.41) is 12.3. The molecule has 0 heterocycles. The molecule has 0 bridgehead atoms. The molecule has 0 saturated heterocycles. The van der Waals surface area contributed by atoms with Gasteiger partial charge in [0.05, 0.1) is 18.6 Å². The fourth-order valence-corrected chi connectivity index (χ4v) is 2.37. The maximum Gasteiger partial charge on any atom is 0.232 e. The Bertz CT molecular complexity index is 461. The van der Waals surface area contributed by atoms with Crippen LogP contribution in [0.2, 0.25) is 0 Å². The van der Waals surface area contributed by atoms with E-state index in [1.165, 1.54) is 0 Å². The SMILES string of the molecule is CCOc1ccc(NC(=O)C2(CO)CCC2)cc1C. The van der Waals surface area contributed by atoms with E-state index < -0.39 is 5.41 Å². The van der Waals surface area contributed by atoms with Crippen LogP contribution in [-0.2, 0) is 4.79 Å². The lowest BCUT2D eigenvalue weighted by atomic mass is 9.68. The van der Waals surface area contributed by atoms with Crippen LogP contribution >= 0.6 is 0 Å². The number of nitrogens with one attached hydrogen (secondary N) is 1. The van der Waals surface area contributed by atoms with E-state index in [0.29, 0.717) is 6.61 Å². The molecule has 0 aromatic heterocycles. The number of aliphatic hydroxyl groups is 1. The van der Waals surface area contributed by atoms with Crippen molar-refractivity contribution in [1.82, 2.24) is 0 Å². The molecular formula is C15H21NO3. The molecule has 0 spiro atoms. The molecule has 1 aromatic carbocycles. The molecule has 1 aromatic rings. The first-order valence-electron chi connectivity index (χ1n) is 6.77. The van der Waals surface area contributed by atoms with Crippen LogP contribution in [-0.4, -0.2) is 24.2 Å². The number of carbonyl (C=O) groups is 1. The largest absolute Gasteiger partial charge is 0.494 e. The van der Waals surface area contributed by atoms with Gasteiger partial charge in [-0.25, -0.2) is 0 Å². The van der Waals surface area contributed by atoms with E-state index >= 15 is 0 Å². The molecular weight excluding hydrogens is 242 g/mol. The van der Waals surface area contributed by atoms with Crippen molar-refractivity contribution in [2.24, 2.45) is 5.41 Å². The van der Waals surface area contributed by atoms with Crippen molar-refractivity contribution in [1.29, 1.82) is 0 Å². The molecule has 2 rings (SSSR count). The zero-order valence-corrected chi connectivity index (χ0v) is 11.5. The van der Waals surface area contributed by atoms with Gasteiger partial charge >= 0.3 is 0 Å². The van der Waals surface area contributed by atoms with Gasteiger partial charge in [-0.1, -0.05) is 6.42 Å². The zero-order valence-electron chi connectivity index (χ0n) is 11.5. The highest BCUT2D eigenvalue weighted by Gasteiger charge is 2.43. The summed E-state index contributed by atoms with van der Waals surface area (Å²) in [6.45, 7) is 4.44. The summed E-state index contributed by atoms with van der Waals surface area (Å²) in [4.78, 5) is 12.2. The van der Waals surface area contributed by atoms with Crippen LogP contribution in [0.15, 0.2) is 18.2 Å². The van der Waals surface area contributed by atoms with Gasteiger partial charge in [0.25, 0.3) is 0 Å². The predicted molar refractivity (Wildman–Crippen MR) is 74.3 cm³/mol. The molecule has 1 amide bonds. The Morgan fingerprint density at radius 1 is 1.47 bits per heavy atom. The monoisotopic (exact) mass is 263 g/mol. The predicted octanol–water partition coefficient (Wildman–Crippen LogP) is 2.49. The van der Waals surface area contributed by atoms with Crippen LogP contribution in [0.5, 0.6) is 5.75 Å². The Morgan fingerprint density at radius 3 is 2.68 bits per heavy atom. The Labute approximate surface area is 113 Å². The minimum atomic E-state index is -0.563. The summed E-state index contributed by atoms with van der Waals surface area (Å²) in [7, 11) is 0. The van der Waals surface area contributed by atoms with Gasteiger partial charge < -0.3 is 15.2 Å². The van der Waals surface area contributed by atoms with E-state index in [9.17, 15) is 9.90 Å². The fraction of sp³-hybridized carbons (Fsp3) is 0.533. The number of rotatable bonds is 5. The molecule has 1 saturated carbocycles. The van der Waals surface area contributed by atoms with Gasteiger partial charge in [0.15, 0.2) is 0 Å². The van der Waals surface area contributed by atoms with E-state index in [2.05, 4.69) is 5.32 Å². The Morgan fingerprint density at radius 2 is 2.21 bits per heavy atom. The molecule has 0 aliphatic heterocycles. The van der Waals surface area contributed by atoms with E-state index in [-0.39, 0.29) is 12.5 Å². The molecule has 0 radical (unpaired) electrons. The molecule has 4 nitrogen and oxygen atoms in total. The summed E-state index contributed by atoms with van der Waals surface area (Å²) < 4.78 is 5.46. The van der Waals surface area contributed by atoms with Crippen molar-refractivity contribution in [3.63, 3.8) is 0 Å². The lowest BCUT2D eigenvalue weighted by Gasteiger charge is -2.38. The second-order valence-electron chi connectivity index (χ2n) is 5.16. The lowest BCUT2D eigenvalue weighted by molar-refractivity contribution is -0.133. The molecule has 19 heavy (non-hydrogen) atoms. The number of benzene rings is 1. The van der Waals surface area contributed by atoms with Gasteiger partial charge in [-0.05, 0) is 50.5 Å². The summed E-state index contributed by atoms with van der Waals surface area (Å²) in [5.41, 5.74) is 1.18. The minimum absolute atomic E-state index is 0.0746. The van der Waals surface area contributed by atoms with E-state index in [4.69, 9.17) is 4.74 Å². The van der Waals surface area contributed by atoms with Crippen molar-refractivity contribution in [3.05, 3.63) is 23.8 Å². The van der Waals surface area contributed by atoms with Crippen molar-refractivity contribution in [3.8, 4) is 5.75 Å². The van der Waals surface area contributed by atoms with E-state index in [1.807, 2.05) is 32.0 Å². The molecule has 0 unspecified atom stereocenters. The van der Waals surface area contributed by atoms with Gasteiger partial charge in [0, 0.05) is 5.69 Å². The zero-order chi connectivity index (χ0) is 13.9. The Kier molecular flexibility index (Phi) is 4.10. The number of anilines is 1. The van der Waals surface area contributed by atoms with Crippen molar-refractivity contribution in [2.45, 2.75) is 33.1 Å². The maximum atomic E-state index is 12.2. The van der Waals surface area contributed by atoms with Crippen LogP contribution < -0.4 is 10.1 Å². The molecule has 4 heteroatoms. The highest BCUT2D eigenvalue weighted by molar-refractivity contribution is 5.96. The number of aryl methyl sites for hydroxylation is 1. The lowest BCUT2D eigenvalue weighted by Crippen LogP contribution is -2.44. The highest BCUT2D eigenvalue weighted by Crippen LogP contribution is 2.41. The molecule has 2 N–H and O–H groups in total. The van der Waals surface area contributed by atoms with Crippen molar-refractivity contribution < 1.29 is 14.6 Å². The van der Waals surface area contributed by atoms with Gasteiger partial charge in [0.2, 0.25) is 5.91 Å². The van der Waals surface area contributed by atoms with Crippen LogP contribution in [0.4, 0.5) is 5.69 Å². The third kappa shape index (κ3) is 2.73. The quantitative estimate of drug-likeness (QED) is 0.858. The maximum absolute atomic E-state index is 12.2. The first kappa shape index (κ1) is 13.9. The van der Waals surface area contributed by atoms with Crippen molar-refractivity contribution in [2.75, 3.05) is 18.5 Å². The second kappa shape index (κ2) is 5.61. The summed E-state index contributed by atoms with van der Waals surface area (Å²) in [6, 6.07) is 5.59. The number of hydrogen-bond acceptors (Lipinski definition) is 3. The molecule has 1 fully saturated rings. The molecule has 104 valence electrons. The van der Waals surface area contributed by atoms with Crippen LogP contribution in [0.3, 0.4) is 0 Å². The molecule has 1 aliphatic rings. The number of aliphatic hydroxyl groups excluding tert-OH is 1. The topological polar surface area (TPSA) is 58.6 Å². The third-order valence-electron chi connectivity index (χ3n) is 3.83. The highest BCUT2D eigenvalue weighted by atomic mass is 16.5. The molecule has 0 atom stereocenters. The summed E-state index contributed by atoms with van der Waals surface area (Å²) in [5.74, 6) is 0.755. The fourth-order valence-electron chi connectivity index (χ4n) is 2.37. The number of hydrogen-bond donors (Lipinski definition) is 2. The van der Waals surface area contributed by atoms with Crippen LogP contribution in [0, 0.1) is 12.3 Å². The van der Waals surface area contributed by atoms with Crippen molar-refractivity contribution >= 4 is 11.6 Å². The van der Waals surface area contributed by atoms with Gasteiger partial charge in [-0.15, -0.1) is 0 Å². The van der Waals surface area contributed by atoms with E-state index in [0.717, 1.165) is 36.3 Å². The standard InChI is InChI=1S/C15H21NO3/c1-3-19-13-6-5-12(9-11(13)2)16-14(18)15(10-17)7-4-8-15/h5-6,9,17H,3-4,7-8,10H2,1-2H3,(H,16,18). The average molecular weight is 263 g/mol. The van der Waals surface area contributed by atoms with Crippen LogP contribution in [0.25, 0.3) is 0 Å². The van der Waals surface area contributed by atoms with Gasteiger partial charge in [-0.3, -0.25) is 4.79 Å². The molecule has 1 aliphatic carbocycles. The number of ether oxygens (including phenoxy) is 1. The third-order valence-corrected chi connectivity index (χ3v) is 3.83. The first-order valence-corrected chi connectivity index (χ1v) is 6.77.